The molecule has 0 atom stereocenters. The van der Waals surface area contributed by atoms with E-state index in [0.717, 1.165) is 30.0 Å². The minimum Gasteiger partial charge on any atom is -0.378 e. The van der Waals surface area contributed by atoms with Crippen molar-refractivity contribution in [2.24, 2.45) is 0 Å². The second kappa shape index (κ2) is 8.72. The van der Waals surface area contributed by atoms with Crippen molar-refractivity contribution >= 4 is 17.4 Å². The molecule has 3 rings (SSSR count). The van der Waals surface area contributed by atoms with Crippen LogP contribution < -0.4 is 10.2 Å². The maximum atomic E-state index is 13.0. The van der Waals surface area contributed by atoms with E-state index in [2.05, 4.69) is 16.3 Å². The third-order valence-electron chi connectivity index (χ3n) is 4.58. The predicted molar refractivity (Wildman–Crippen MR) is 106 cm³/mol. The maximum Gasteiger partial charge on any atom is 0.322 e. The molecular formula is C21H27N3O2. The van der Waals surface area contributed by atoms with Gasteiger partial charge in [0.25, 0.3) is 0 Å². The highest BCUT2D eigenvalue weighted by atomic mass is 16.5. The first kappa shape index (κ1) is 18.3. The van der Waals surface area contributed by atoms with Crippen LogP contribution >= 0.6 is 0 Å². The molecule has 2 aromatic carbocycles. The molecule has 0 unspecified atom stereocenters. The topological polar surface area (TPSA) is 44.8 Å². The summed E-state index contributed by atoms with van der Waals surface area (Å²) in [5.74, 6) is 0. The molecule has 0 aromatic heterocycles. The van der Waals surface area contributed by atoms with Crippen LogP contribution in [0.25, 0.3) is 0 Å². The lowest BCUT2D eigenvalue weighted by atomic mass is 10.2. The minimum absolute atomic E-state index is 0.0791. The highest BCUT2D eigenvalue weighted by Crippen LogP contribution is 2.27. The van der Waals surface area contributed by atoms with Gasteiger partial charge >= 0.3 is 6.03 Å². The number of rotatable bonds is 5. The fourth-order valence-corrected chi connectivity index (χ4v) is 3.12. The number of amides is 2. The minimum atomic E-state index is -0.0791. The predicted octanol–water partition coefficient (Wildman–Crippen LogP) is 3.97. The number of hydrogen-bond donors (Lipinski definition) is 1. The number of nitrogens with one attached hydrogen (secondary N) is 1. The van der Waals surface area contributed by atoms with Crippen LogP contribution in [0.1, 0.15) is 19.4 Å². The van der Waals surface area contributed by atoms with Crippen molar-refractivity contribution in [1.29, 1.82) is 0 Å². The standard InChI is InChI=1S/C21H27N3O2/c1-17(2)24(16-18-8-4-3-5-9-18)21(25)22-19-10-6-7-11-20(19)23-12-14-26-15-13-23/h3-11,17H,12-16H2,1-2H3,(H,22,25). The number of carbonyl (C=O) groups excluding carboxylic acids is 1. The van der Waals surface area contributed by atoms with E-state index in [1.165, 1.54) is 0 Å². The summed E-state index contributed by atoms with van der Waals surface area (Å²) >= 11 is 0. The van der Waals surface area contributed by atoms with Crippen LogP contribution in [0.15, 0.2) is 54.6 Å². The van der Waals surface area contributed by atoms with Crippen molar-refractivity contribution in [3.63, 3.8) is 0 Å². The van der Waals surface area contributed by atoms with E-state index >= 15 is 0 Å². The van der Waals surface area contributed by atoms with E-state index < -0.39 is 0 Å². The van der Waals surface area contributed by atoms with Crippen LogP contribution in [0, 0.1) is 0 Å². The number of anilines is 2. The number of morpholine rings is 1. The second-order valence-electron chi connectivity index (χ2n) is 6.75. The summed E-state index contributed by atoms with van der Waals surface area (Å²) in [6.07, 6.45) is 0. The Bertz CT molecular complexity index is 712. The van der Waals surface area contributed by atoms with Crippen molar-refractivity contribution in [2.75, 3.05) is 36.5 Å². The molecule has 138 valence electrons. The second-order valence-corrected chi connectivity index (χ2v) is 6.75. The lowest BCUT2D eigenvalue weighted by Crippen LogP contribution is -2.40. The number of urea groups is 1. The largest absolute Gasteiger partial charge is 0.378 e. The smallest absolute Gasteiger partial charge is 0.322 e. The summed E-state index contributed by atoms with van der Waals surface area (Å²) in [7, 11) is 0. The van der Waals surface area contributed by atoms with Crippen molar-refractivity contribution in [2.45, 2.75) is 26.4 Å². The molecule has 0 aliphatic carbocycles. The first-order valence-electron chi connectivity index (χ1n) is 9.18. The maximum absolute atomic E-state index is 13.0. The molecule has 1 N–H and O–H groups in total. The van der Waals surface area contributed by atoms with E-state index in [1.54, 1.807) is 0 Å². The van der Waals surface area contributed by atoms with Gasteiger partial charge in [-0.3, -0.25) is 0 Å². The fraction of sp³-hybridized carbons (Fsp3) is 0.381. The third kappa shape index (κ3) is 4.55. The van der Waals surface area contributed by atoms with Gasteiger partial charge in [-0.05, 0) is 31.5 Å². The van der Waals surface area contributed by atoms with Gasteiger partial charge in [0.1, 0.15) is 0 Å². The highest BCUT2D eigenvalue weighted by Gasteiger charge is 2.20. The Morgan fingerprint density at radius 1 is 1.08 bits per heavy atom. The number of nitrogens with zero attached hydrogens (tertiary/aromatic N) is 2. The average Bonchev–Trinajstić information content (AvgIpc) is 2.68. The molecule has 1 fully saturated rings. The van der Waals surface area contributed by atoms with Gasteiger partial charge in [0.05, 0.1) is 24.6 Å². The number of hydrogen-bond acceptors (Lipinski definition) is 3. The summed E-state index contributed by atoms with van der Waals surface area (Å²) in [6.45, 7) is 7.77. The number of ether oxygens (including phenoxy) is 1. The zero-order valence-corrected chi connectivity index (χ0v) is 15.5. The van der Waals surface area contributed by atoms with E-state index in [-0.39, 0.29) is 12.1 Å². The summed E-state index contributed by atoms with van der Waals surface area (Å²) in [6, 6.07) is 18.1. The monoisotopic (exact) mass is 353 g/mol. The Morgan fingerprint density at radius 3 is 2.42 bits per heavy atom. The summed E-state index contributed by atoms with van der Waals surface area (Å²) in [5, 5.41) is 3.11. The van der Waals surface area contributed by atoms with Gasteiger partial charge < -0.3 is 19.9 Å². The zero-order chi connectivity index (χ0) is 18.4. The molecule has 5 nitrogen and oxygen atoms in total. The van der Waals surface area contributed by atoms with Crippen molar-refractivity contribution in [1.82, 2.24) is 4.90 Å². The van der Waals surface area contributed by atoms with Gasteiger partial charge in [0, 0.05) is 25.7 Å². The summed E-state index contributed by atoms with van der Waals surface area (Å²) in [4.78, 5) is 17.1. The summed E-state index contributed by atoms with van der Waals surface area (Å²) < 4.78 is 5.44. The number of benzene rings is 2. The van der Waals surface area contributed by atoms with Crippen LogP contribution in [0.5, 0.6) is 0 Å². The molecule has 2 aromatic rings. The molecule has 5 heteroatoms. The average molecular weight is 353 g/mol. The molecule has 1 aliphatic rings. The lowest BCUT2D eigenvalue weighted by Gasteiger charge is -2.32. The van der Waals surface area contributed by atoms with Crippen molar-refractivity contribution in [3.8, 4) is 0 Å². The van der Waals surface area contributed by atoms with E-state index in [0.29, 0.717) is 19.8 Å². The van der Waals surface area contributed by atoms with Crippen LogP contribution in [0.3, 0.4) is 0 Å². The molecule has 1 saturated heterocycles. The van der Waals surface area contributed by atoms with Crippen LogP contribution in [-0.2, 0) is 11.3 Å². The molecule has 0 spiro atoms. The van der Waals surface area contributed by atoms with Gasteiger partial charge in [-0.1, -0.05) is 42.5 Å². The highest BCUT2D eigenvalue weighted by molar-refractivity contribution is 5.93. The fourth-order valence-electron chi connectivity index (χ4n) is 3.12. The number of carbonyl (C=O) groups is 1. The Hall–Kier alpha value is -2.53. The van der Waals surface area contributed by atoms with Crippen LogP contribution in [0.4, 0.5) is 16.2 Å². The molecule has 1 aliphatic heterocycles. The third-order valence-corrected chi connectivity index (χ3v) is 4.58. The molecule has 2 amide bonds. The number of para-hydroxylation sites is 2. The molecule has 26 heavy (non-hydrogen) atoms. The first-order valence-corrected chi connectivity index (χ1v) is 9.18. The molecule has 1 heterocycles. The van der Waals surface area contributed by atoms with Crippen LogP contribution in [0.2, 0.25) is 0 Å². The lowest BCUT2D eigenvalue weighted by molar-refractivity contribution is 0.123. The van der Waals surface area contributed by atoms with Gasteiger partial charge in [0.15, 0.2) is 0 Å². The summed E-state index contributed by atoms with van der Waals surface area (Å²) in [5.41, 5.74) is 3.02. The quantitative estimate of drug-likeness (QED) is 0.885. The molecule has 0 bridgehead atoms. The Kier molecular flexibility index (Phi) is 6.12. The molecule has 0 saturated carbocycles. The van der Waals surface area contributed by atoms with Crippen LogP contribution in [-0.4, -0.2) is 43.3 Å². The van der Waals surface area contributed by atoms with E-state index in [1.807, 2.05) is 67.3 Å². The van der Waals surface area contributed by atoms with Gasteiger partial charge in [0.2, 0.25) is 0 Å². The van der Waals surface area contributed by atoms with E-state index in [4.69, 9.17) is 4.74 Å². The zero-order valence-electron chi connectivity index (χ0n) is 15.5. The Labute approximate surface area is 155 Å². The SMILES string of the molecule is CC(C)N(Cc1ccccc1)C(=O)Nc1ccccc1N1CCOCC1. The van der Waals surface area contributed by atoms with Gasteiger partial charge in [-0.25, -0.2) is 4.79 Å². The molecule has 0 radical (unpaired) electrons. The normalized spacial score (nSPS) is 14.3. The Balaban J connectivity index is 1.75. The Morgan fingerprint density at radius 2 is 1.73 bits per heavy atom. The van der Waals surface area contributed by atoms with E-state index in [9.17, 15) is 4.79 Å². The molecular weight excluding hydrogens is 326 g/mol. The van der Waals surface area contributed by atoms with Gasteiger partial charge in [-0.2, -0.15) is 0 Å². The van der Waals surface area contributed by atoms with Gasteiger partial charge in [-0.15, -0.1) is 0 Å². The first-order chi connectivity index (χ1) is 12.6. The van der Waals surface area contributed by atoms with Crippen molar-refractivity contribution < 1.29 is 9.53 Å². The van der Waals surface area contributed by atoms with Crippen molar-refractivity contribution in [3.05, 3.63) is 60.2 Å².